The molecule has 30 heavy (non-hydrogen) atoms. The van der Waals surface area contributed by atoms with Gasteiger partial charge in [0.05, 0.1) is 5.56 Å². The second kappa shape index (κ2) is 9.71. The molecule has 0 bridgehead atoms. The summed E-state index contributed by atoms with van der Waals surface area (Å²) in [4.78, 5) is 13.9. The van der Waals surface area contributed by atoms with Crippen LogP contribution in [0.1, 0.15) is 44.8 Å². The van der Waals surface area contributed by atoms with Gasteiger partial charge < -0.3 is 16.0 Å². The lowest BCUT2D eigenvalue weighted by molar-refractivity contribution is 0.0934. The van der Waals surface area contributed by atoms with Gasteiger partial charge in [0.1, 0.15) is 17.2 Å². The Morgan fingerprint density at radius 3 is 2.60 bits per heavy atom. The molecule has 0 aliphatic heterocycles. The fourth-order valence-corrected chi connectivity index (χ4v) is 5.13. The maximum atomic E-state index is 12.7. The number of anilines is 1. The van der Waals surface area contributed by atoms with E-state index >= 15 is 0 Å². The molecule has 1 atom stereocenters. The molecule has 0 fully saturated rings. The van der Waals surface area contributed by atoms with Gasteiger partial charge in [-0.05, 0) is 62.0 Å². The number of amides is 1. The normalized spacial score (nSPS) is 14.2. The van der Waals surface area contributed by atoms with Crippen molar-refractivity contribution in [3.8, 4) is 6.07 Å². The zero-order chi connectivity index (χ0) is 21.9. The Balaban J connectivity index is 1.74. The van der Waals surface area contributed by atoms with Gasteiger partial charge in [-0.1, -0.05) is 53.0 Å². The smallest absolute Gasteiger partial charge is 0.253 e. The van der Waals surface area contributed by atoms with Crippen molar-refractivity contribution in [3.05, 3.63) is 51.4 Å². The quantitative estimate of drug-likeness (QED) is 0.304. The molecule has 0 unspecified atom stereocenters. The number of nitriles is 1. The van der Waals surface area contributed by atoms with E-state index in [4.69, 9.17) is 47.0 Å². The molecule has 158 valence electrons. The summed E-state index contributed by atoms with van der Waals surface area (Å²) in [5.74, 6) is -0.399. The summed E-state index contributed by atoms with van der Waals surface area (Å²) < 4.78 is -1.86. The number of nitrogens with zero attached hydrogens (tertiary/aromatic N) is 1. The maximum Gasteiger partial charge on any atom is 0.253 e. The van der Waals surface area contributed by atoms with Crippen LogP contribution in [0.15, 0.2) is 24.3 Å². The molecule has 0 saturated heterocycles. The van der Waals surface area contributed by atoms with E-state index < -0.39 is 15.9 Å². The van der Waals surface area contributed by atoms with Crippen molar-refractivity contribution in [2.24, 2.45) is 0 Å². The monoisotopic (exact) mass is 500 g/mol. The van der Waals surface area contributed by atoms with Gasteiger partial charge in [-0.25, -0.2) is 0 Å². The van der Waals surface area contributed by atoms with Crippen molar-refractivity contribution in [1.82, 2.24) is 10.6 Å². The number of thiocarbonyl (C=S) groups is 1. The molecule has 2 aromatic rings. The zero-order valence-corrected chi connectivity index (χ0v) is 19.9. The summed E-state index contributed by atoms with van der Waals surface area (Å²) in [6.07, 6.45) is 2.94. The number of fused-ring (bicyclic) bond motifs is 1. The fourth-order valence-electron chi connectivity index (χ4n) is 3.28. The van der Waals surface area contributed by atoms with Gasteiger partial charge in [-0.2, -0.15) is 5.26 Å². The molecular formula is C20H19Cl3N4OS2. The third-order valence-electron chi connectivity index (χ3n) is 4.78. The van der Waals surface area contributed by atoms with E-state index in [0.717, 1.165) is 36.8 Å². The lowest BCUT2D eigenvalue weighted by Crippen LogP contribution is -2.56. The maximum absolute atomic E-state index is 12.7. The van der Waals surface area contributed by atoms with E-state index in [1.807, 2.05) is 19.1 Å². The highest BCUT2D eigenvalue weighted by Crippen LogP contribution is 2.37. The van der Waals surface area contributed by atoms with Gasteiger partial charge in [0.25, 0.3) is 5.91 Å². The first-order valence-electron chi connectivity index (χ1n) is 9.26. The number of aryl methyl sites for hydroxylation is 2. The Labute approximate surface area is 199 Å². The third kappa shape index (κ3) is 5.37. The minimum Gasteiger partial charge on any atom is -0.339 e. The van der Waals surface area contributed by atoms with Gasteiger partial charge in [-0.15, -0.1) is 11.3 Å². The molecule has 1 aromatic carbocycles. The standard InChI is InChI=1S/C20H19Cl3N4OS2/c1-11-6-2-3-7-12(11)16(28)25-18(20(21,22)23)27-19(29)26-17-14(10-24)13-8-4-5-9-15(13)30-17/h2-3,6-7,18H,4-5,8-9H2,1H3,(H,25,28)(H2,26,27,29)/t18-/m0/s1. The lowest BCUT2D eigenvalue weighted by Gasteiger charge is -2.28. The Morgan fingerprint density at radius 2 is 1.93 bits per heavy atom. The summed E-state index contributed by atoms with van der Waals surface area (Å²) >= 11 is 25.1. The molecule has 5 nitrogen and oxygen atoms in total. The van der Waals surface area contributed by atoms with Gasteiger partial charge in [0.2, 0.25) is 3.79 Å². The average Bonchev–Trinajstić information content (AvgIpc) is 3.03. The predicted octanol–water partition coefficient (Wildman–Crippen LogP) is 5.22. The first-order valence-corrected chi connectivity index (χ1v) is 11.6. The first-order chi connectivity index (χ1) is 14.2. The minimum absolute atomic E-state index is 0.145. The van der Waals surface area contributed by atoms with Crippen LogP contribution in [-0.4, -0.2) is 21.0 Å². The summed E-state index contributed by atoms with van der Waals surface area (Å²) in [5.41, 5.74) is 2.95. The molecule has 0 saturated carbocycles. The Kier molecular flexibility index (Phi) is 7.48. The van der Waals surface area contributed by atoms with Crippen molar-refractivity contribution in [3.63, 3.8) is 0 Å². The Morgan fingerprint density at radius 1 is 1.23 bits per heavy atom. The molecule has 1 heterocycles. The number of alkyl halides is 3. The van der Waals surface area contributed by atoms with Gasteiger partial charge in [0, 0.05) is 10.4 Å². The highest BCUT2D eigenvalue weighted by molar-refractivity contribution is 7.80. The number of nitrogens with one attached hydrogen (secondary N) is 3. The van der Waals surface area contributed by atoms with Crippen LogP contribution in [0.25, 0.3) is 0 Å². The van der Waals surface area contributed by atoms with Crippen LogP contribution in [-0.2, 0) is 12.8 Å². The highest BCUT2D eigenvalue weighted by atomic mass is 35.6. The van der Waals surface area contributed by atoms with Crippen LogP contribution in [0.3, 0.4) is 0 Å². The number of hydrogen-bond acceptors (Lipinski definition) is 4. The Hall–Kier alpha value is -1.56. The first kappa shape index (κ1) is 23.1. The number of carbonyl (C=O) groups is 1. The van der Waals surface area contributed by atoms with E-state index in [2.05, 4.69) is 22.0 Å². The van der Waals surface area contributed by atoms with E-state index in [1.54, 1.807) is 12.1 Å². The largest absolute Gasteiger partial charge is 0.339 e. The number of carbonyl (C=O) groups excluding carboxylic acids is 1. The van der Waals surface area contributed by atoms with Crippen LogP contribution in [0, 0.1) is 18.3 Å². The topological polar surface area (TPSA) is 77.0 Å². The van der Waals surface area contributed by atoms with Crippen LogP contribution in [0.5, 0.6) is 0 Å². The molecule has 1 aromatic heterocycles. The van der Waals surface area contributed by atoms with Crippen LogP contribution in [0.2, 0.25) is 0 Å². The Bertz CT molecular complexity index is 1010. The molecule has 1 aliphatic carbocycles. The second-order valence-electron chi connectivity index (χ2n) is 6.89. The average molecular weight is 502 g/mol. The number of hydrogen-bond donors (Lipinski definition) is 3. The van der Waals surface area contributed by atoms with Crippen molar-refractivity contribution < 1.29 is 4.79 Å². The molecule has 3 N–H and O–H groups in total. The molecule has 1 amide bonds. The van der Waals surface area contributed by atoms with Crippen molar-refractivity contribution >= 4 is 74.4 Å². The van der Waals surface area contributed by atoms with Crippen LogP contribution in [0.4, 0.5) is 5.00 Å². The van der Waals surface area contributed by atoms with E-state index in [9.17, 15) is 10.1 Å². The molecule has 0 spiro atoms. The van der Waals surface area contributed by atoms with Crippen molar-refractivity contribution in [2.75, 3.05) is 5.32 Å². The van der Waals surface area contributed by atoms with E-state index in [0.29, 0.717) is 16.1 Å². The van der Waals surface area contributed by atoms with E-state index in [-0.39, 0.29) is 5.11 Å². The number of halogens is 3. The number of benzene rings is 1. The summed E-state index contributed by atoms with van der Waals surface area (Å²) in [6, 6.07) is 9.37. The zero-order valence-electron chi connectivity index (χ0n) is 16.0. The molecule has 3 rings (SSSR count). The summed E-state index contributed by atoms with van der Waals surface area (Å²) in [6.45, 7) is 1.82. The van der Waals surface area contributed by atoms with Crippen molar-refractivity contribution in [1.29, 1.82) is 5.26 Å². The predicted molar refractivity (Wildman–Crippen MR) is 128 cm³/mol. The van der Waals surface area contributed by atoms with Crippen molar-refractivity contribution in [2.45, 2.75) is 42.6 Å². The summed E-state index contributed by atoms with van der Waals surface area (Å²) in [7, 11) is 0. The van der Waals surface area contributed by atoms with Gasteiger partial charge >= 0.3 is 0 Å². The number of thiophene rings is 1. The number of rotatable bonds is 4. The third-order valence-corrected chi connectivity index (χ3v) is 6.86. The fraction of sp³-hybridized carbons (Fsp3) is 0.350. The minimum atomic E-state index is -1.86. The molecule has 1 aliphatic rings. The second-order valence-corrected chi connectivity index (χ2v) is 10.8. The van der Waals surface area contributed by atoms with E-state index in [1.165, 1.54) is 16.2 Å². The molecule has 0 radical (unpaired) electrons. The SMILES string of the molecule is Cc1ccccc1C(=O)N[C@@H](NC(=S)Nc1sc2c(c1C#N)CCCC2)C(Cl)(Cl)Cl. The van der Waals surface area contributed by atoms with Crippen LogP contribution < -0.4 is 16.0 Å². The lowest BCUT2D eigenvalue weighted by atomic mass is 9.96. The summed E-state index contributed by atoms with van der Waals surface area (Å²) in [5, 5.41) is 19.0. The van der Waals surface area contributed by atoms with Crippen LogP contribution >= 0.6 is 58.4 Å². The van der Waals surface area contributed by atoms with Gasteiger partial charge in [0.15, 0.2) is 5.11 Å². The highest BCUT2D eigenvalue weighted by Gasteiger charge is 2.35. The molecule has 10 heteroatoms. The molecular weight excluding hydrogens is 483 g/mol. The van der Waals surface area contributed by atoms with Gasteiger partial charge in [-0.3, -0.25) is 4.79 Å².